The Hall–Kier alpha value is -2.23. The molecule has 1 aromatic heterocycles. The Morgan fingerprint density at radius 3 is 2.61 bits per heavy atom. The van der Waals surface area contributed by atoms with Crippen LogP contribution in [0.25, 0.3) is 0 Å². The van der Waals surface area contributed by atoms with Gasteiger partial charge in [-0.1, -0.05) is 0 Å². The normalized spacial score (nSPS) is 31.1. The van der Waals surface area contributed by atoms with E-state index in [1.54, 1.807) is 12.4 Å². The van der Waals surface area contributed by atoms with Gasteiger partial charge in [-0.3, -0.25) is 4.79 Å². The summed E-state index contributed by atoms with van der Waals surface area (Å²) >= 11 is 3.34. The van der Waals surface area contributed by atoms with E-state index >= 15 is 0 Å². The van der Waals surface area contributed by atoms with Gasteiger partial charge in [-0.2, -0.15) is 8.78 Å². The number of ether oxygens (including phenoxy) is 2. The van der Waals surface area contributed by atoms with Crippen LogP contribution in [0.3, 0.4) is 0 Å². The first-order valence-corrected chi connectivity index (χ1v) is 11.1. The fourth-order valence-corrected chi connectivity index (χ4v) is 6.68. The first kappa shape index (κ1) is 20.7. The Labute approximate surface area is 186 Å². The number of hydrogen-bond acceptors (Lipinski definition) is 5. The molecule has 0 saturated heterocycles. The van der Waals surface area contributed by atoms with Gasteiger partial charge in [0.15, 0.2) is 11.5 Å². The van der Waals surface area contributed by atoms with Crippen LogP contribution in [0.2, 0.25) is 0 Å². The number of nitrogens with one attached hydrogen (secondary N) is 1. The van der Waals surface area contributed by atoms with E-state index in [4.69, 9.17) is 4.74 Å². The van der Waals surface area contributed by atoms with Crippen molar-refractivity contribution in [1.29, 1.82) is 0 Å². The minimum absolute atomic E-state index is 0.0327. The van der Waals surface area contributed by atoms with Crippen LogP contribution in [0, 0.1) is 17.3 Å². The van der Waals surface area contributed by atoms with Crippen LogP contribution in [-0.2, 0) is 10.3 Å². The van der Waals surface area contributed by atoms with Gasteiger partial charge in [0.1, 0.15) is 6.33 Å². The fraction of sp³-hybridized carbons (Fsp3) is 0.571. The maximum Gasteiger partial charge on any atom is 0.387 e. The van der Waals surface area contributed by atoms with Crippen LogP contribution >= 0.6 is 15.9 Å². The lowest BCUT2D eigenvalue weighted by Crippen LogP contribution is -2.60. The van der Waals surface area contributed by atoms with E-state index in [1.807, 2.05) is 4.68 Å². The number of halogens is 3. The highest BCUT2D eigenvalue weighted by Gasteiger charge is 2.61. The molecule has 2 unspecified atom stereocenters. The van der Waals surface area contributed by atoms with E-state index in [0.29, 0.717) is 22.3 Å². The van der Waals surface area contributed by atoms with Crippen LogP contribution in [0.1, 0.15) is 38.5 Å². The molecule has 4 bridgehead atoms. The van der Waals surface area contributed by atoms with Gasteiger partial charge < -0.3 is 14.8 Å². The number of anilines is 1. The second-order valence-corrected chi connectivity index (χ2v) is 9.83. The van der Waals surface area contributed by atoms with Crippen molar-refractivity contribution in [2.75, 3.05) is 12.4 Å². The monoisotopic (exact) mass is 496 g/mol. The number of nitrogens with zero attached hydrogens (tertiary/aromatic N) is 3. The Kier molecular flexibility index (Phi) is 4.95. The Balaban J connectivity index is 1.40. The predicted molar refractivity (Wildman–Crippen MR) is 111 cm³/mol. The van der Waals surface area contributed by atoms with Crippen molar-refractivity contribution in [3.8, 4) is 11.5 Å². The number of alkyl halides is 2. The highest BCUT2D eigenvalue weighted by atomic mass is 79.9. The molecular weight excluding hydrogens is 474 g/mol. The highest BCUT2D eigenvalue weighted by molar-refractivity contribution is 9.10. The molecule has 4 aliphatic carbocycles. The lowest BCUT2D eigenvalue weighted by molar-refractivity contribution is -0.150. The molecule has 1 aromatic carbocycles. The SMILES string of the molecule is COc1cc(NC(=O)C23CC4CC(C2)CC(n2cnc(Br)n2)(C4)C3)ccc1OC(F)F. The standard InChI is InChI=1S/C21H23BrF2N4O3/c1-30-16-5-14(2-3-15(16)31-19(23)24)26-17(29)20-6-12-4-13(7-20)9-21(8-12,10-20)28-11-25-18(22)27-28/h2-3,5,11-13,19H,4,6-10H2,1H3,(H,26,29). The van der Waals surface area contributed by atoms with Crippen LogP contribution in [0.15, 0.2) is 29.3 Å². The lowest BCUT2D eigenvalue weighted by Gasteiger charge is -2.60. The van der Waals surface area contributed by atoms with Crippen molar-refractivity contribution in [1.82, 2.24) is 14.8 Å². The van der Waals surface area contributed by atoms with Crippen LogP contribution in [-0.4, -0.2) is 34.4 Å². The third-order valence-corrected chi connectivity index (χ3v) is 7.46. The Bertz CT molecular complexity index is 1000. The highest BCUT2D eigenvalue weighted by Crippen LogP contribution is 2.64. The maximum atomic E-state index is 13.5. The molecule has 1 amide bonds. The molecule has 0 spiro atoms. The van der Waals surface area contributed by atoms with E-state index < -0.39 is 12.0 Å². The summed E-state index contributed by atoms with van der Waals surface area (Å²) in [7, 11) is 1.37. The number of amides is 1. The predicted octanol–water partition coefficient (Wildman–Crippen LogP) is 4.58. The quantitative estimate of drug-likeness (QED) is 0.632. The van der Waals surface area contributed by atoms with E-state index in [1.165, 1.54) is 19.2 Å². The second kappa shape index (κ2) is 7.43. The molecule has 2 aromatic rings. The Morgan fingerprint density at radius 1 is 1.26 bits per heavy atom. The van der Waals surface area contributed by atoms with Gasteiger partial charge in [-0.25, -0.2) is 9.67 Å². The summed E-state index contributed by atoms with van der Waals surface area (Å²) in [6.07, 6.45) is 7.38. The summed E-state index contributed by atoms with van der Waals surface area (Å²) in [5.41, 5.74) is -0.169. The fourth-order valence-electron chi connectivity index (χ4n) is 6.42. The molecule has 7 nitrogen and oxygen atoms in total. The molecule has 2 atom stereocenters. The molecule has 31 heavy (non-hydrogen) atoms. The van der Waals surface area contributed by atoms with Gasteiger partial charge >= 0.3 is 6.61 Å². The molecule has 4 aliphatic rings. The van der Waals surface area contributed by atoms with Gasteiger partial charge in [0.2, 0.25) is 10.6 Å². The molecule has 0 radical (unpaired) electrons. The smallest absolute Gasteiger partial charge is 0.387 e. The second-order valence-electron chi connectivity index (χ2n) is 9.12. The first-order chi connectivity index (χ1) is 14.8. The number of hydrogen-bond donors (Lipinski definition) is 1. The summed E-state index contributed by atoms with van der Waals surface area (Å²) in [6, 6.07) is 4.46. The number of rotatable bonds is 6. The number of aromatic nitrogens is 3. The Morgan fingerprint density at radius 2 is 2.00 bits per heavy atom. The number of benzene rings is 1. The molecule has 4 saturated carbocycles. The zero-order valence-electron chi connectivity index (χ0n) is 17.0. The van der Waals surface area contributed by atoms with E-state index in [-0.39, 0.29) is 22.9 Å². The summed E-state index contributed by atoms with van der Waals surface area (Å²) < 4.78 is 37.3. The minimum Gasteiger partial charge on any atom is -0.493 e. The van der Waals surface area contributed by atoms with Crippen molar-refractivity contribution in [3.63, 3.8) is 0 Å². The molecule has 4 fully saturated rings. The van der Waals surface area contributed by atoms with Gasteiger partial charge in [-0.15, -0.1) is 5.10 Å². The average Bonchev–Trinajstić information content (AvgIpc) is 3.15. The van der Waals surface area contributed by atoms with Gasteiger partial charge in [0.25, 0.3) is 0 Å². The van der Waals surface area contributed by atoms with Crippen molar-refractivity contribution < 1.29 is 23.0 Å². The van der Waals surface area contributed by atoms with Crippen molar-refractivity contribution in [2.45, 2.75) is 50.7 Å². The molecule has 1 heterocycles. The lowest BCUT2D eigenvalue weighted by atomic mass is 9.46. The number of carbonyl (C=O) groups excluding carboxylic acids is 1. The maximum absolute atomic E-state index is 13.5. The third kappa shape index (κ3) is 3.58. The zero-order valence-corrected chi connectivity index (χ0v) is 18.6. The van der Waals surface area contributed by atoms with E-state index in [9.17, 15) is 13.6 Å². The summed E-state index contributed by atoms with van der Waals surface area (Å²) in [5, 5.41) is 7.54. The molecule has 10 heteroatoms. The summed E-state index contributed by atoms with van der Waals surface area (Å²) in [4.78, 5) is 17.8. The molecule has 0 aliphatic heterocycles. The van der Waals surface area contributed by atoms with Crippen LogP contribution in [0.4, 0.5) is 14.5 Å². The number of methoxy groups -OCH3 is 1. The largest absolute Gasteiger partial charge is 0.493 e. The molecule has 1 N–H and O–H groups in total. The van der Waals surface area contributed by atoms with Gasteiger partial charge in [0, 0.05) is 11.8 Å². The van der Waals surface area contributed by atoms with E-state index in [2.05, 4.69) is 36.1 Å². The van der Waals surface area contributed by atoms with Crippen molar-refractivity contribution in [2.24, 2.45) is 17.3 Å². The summed E-state index contributed by atoms with van der Waals surface area (Å²) in [5.74, 6) is 1.00. The zero-order chi connectivity index (χ0) is 21.8. The van der Waals surface area contributed by atoms with Gasteiger partial charge in [0.05, 0.1) is 18.1 Å². The topological polar surface area (TPSA) is 78.3 Å². The summed E-state index contributed by atoms with van der Waals surface area (Å²) in [6.45, 7) is -2.95. The van der Waals surface area contributed by atoms with Crippen molar-refractivity contribution >= 4 is 27.5 Å². The van der Waals surface area contributed by atoms with Gasteiger partial charge in [-0.05, 0) is 78.4 Å². The minimum atomic E-state index is -2.95. The van der Waals surface area contributed by atoms with Crippen LogP contribution < -0.4 is 14.8 Å². The van der Waals surface area contributed by atoms with Crippen LogP contribution in [0.5, 0.6) is 11.5 Å². The first-order valence-electron chi connectivity index (χ1n) is 10.3. The van der Waals surface area contributed by atoms with E-state index in [0.717, 1.165) is 38.5 Å². The number of carbonyl (C=O) groups is 1. The average molecular weight is 497 g/mol. The third-order valence-electron chi connectivity index (χ3n) is 7.10. The molecule has 6 rings (SSSR count). The molecular formula is C21H23BrF2N4O3. The molecule has 166 valence electrons. The van der Waals surface area contributed by atoms with Crippen molar-refractivity contribution in [3.05, 3.63) is 29.3 Å².